The molecule has 0 spiro atoms. The number of rotatable bonds is 4. The van der Waals surface area contributed by atoms with E-state index in [0.29, 0.717) is 31.6 Å². The van der Waals surface area contributed by atoms with Gasteiger partial charge in [-0.2, -0.15) is 0 Å². The third-order valence-electron chi connectivity index (χ3n) is 8.28. The van der Waals surface area contributed by atoms with Crippen molar-refractivity contribution in [3.63, 3.8) is 0 Å². The van der Waals surface area contributed by atoms with Crippen LogP contribution in [0.2, 0.25) is 0 Å². The Labute approximate surface area is 214 Å². The minimum Gasteiger partial charge on any atom is -0.373 e. The number of fused-ring (bicyclic) bond motifs is 1. The SMILES string of the molecule is Cc1nc(C=CC2CC3(CC4CO4)OC3(C)CCCC(C)CCC(=O)C(C)(C)CCC(=O)N2)cs1. The van der Waals surface area contributed by atoms with E-state index in [4.69, 9.17) is 9.47 Å². The summed E-state index contributed by atoms with van der Waals surface area (Å²) in [4.78, 5) is 30.5. The molecule has 1 aromatic heterocycles. The Balaban J connectivity index is 1.55. The van der Waals surface area contributed by atoms with Gasteiger partial charge in [0.2, 0.25) is 5.91 Å². The van der Waals surface area contributed by atoms with E-state index < -0.39 is 5.41 Å². The van der Waals surface area contributed by atoms with Crippen LogP contribution in [-0.4, -0.2) is 46.6 Å². The number of Topliss-reactive ketones (excluding diaryl/α,β-unsaturated/α-hetero) is 1. The molecule has 0 bridgehead atoms. The van der Waals surface area contributed by atoms with Gasteiger partial charge in [0.05, 0.1) is 35.1 Å². The maximum atomic E-state index is 13.1. The minimum absolute atomic E-state index is 0.0179. The molecule has 3 aliphatic heterocycles. The van der Waals surface area contributed by atoms with E-state index in [9.17, 15) is 9.59 Å². The molecule has 5 unspecified atom stereocenters. The highest BCUT2D eigenvalue weighted by molar-refractivity contribution is 7.09. The Morgan fingerprint density at radius 1 is 1.20 bits per heavy atom. The van der Waals surface area contributed by atoms with Gasteiger partial charge in [0.25, 0.3) is 0 Å². The first-order chi connectivity index (χ1) is 16.5. The maximum Gasteiger partial charge on any atom is 0.220 e. The Hall–Kier alpha value is -1.57. The van der Waals surface area contributed by atoms with Crippen molar-refractivity contribution >= 4 is 29.1 Å². The molecule has 1 amide bonds. The van der Waals surface area contributed by atoms with E-state index in [0.717, 1.165) is 49.4 Å². The van der Waals surface area contributed by atoms with Crippen molar-refractivity contribution in [1.82, 2.24) is 10.3 Å². The standard InChI is InChI=1S/C28H42N2O4S/c1-19-7-6-13-27(5)28(34-27,16-23-17-33-23)15-21(9-10-22-18-35-20(2)29-22)30-25(32)12-14-26(3,4)24(31)11-8-19/h9-10,18-19,21,23H,6-8,11-17H2,1-5H3,(H,30,32). The summed E-state index contributed by atoms with van der Waals surface area (Å²) in [5.41, 5.74) is -0.0695. The van der Waals surface area contributed by atoms with Gasteiger partial charge in [-0.15, -0.1) is 11.3 Å². The van der Waals surface area contributed by atoms with Crippen molar-refractivity contribution in [2.24, 2.45) is 11.3 Å². The zero-order valence-electron chi connectivity index (χ0n) is 22.0. The Bertz CT molecular complexity index is 953. The maximum absolute atomic E-state index is 13.1. The van der Waals surface area contributed by atoms with Gasteiger partial charge in [0.1, 0.15) is 11.4 Å². The minimum atomic E-state index is -0.486. The summed E-state index contributed by atoms with van der Waals surface area (Å²) in [5.74, 6) is 0.753. The Morgan fingerprint density at radius 3 is 2.66 bits per heavy atom. The largest absolute Gasteiger partial charge is 0.373 e. The molecule has 0 radical (unpaired) electrons. The topological polar surface area (TPSA) is 84.1 Å². The molecule has 5 atom stereocenters. The van der Waals surface area contributed by atoms with Gasteiger partial charge < -0.3 is 14.8 Å². The molecule has 0 aliphatic carbocycles. The fourth-order valence-corrected chi connectivity index (χ4v) is 6.10. The number of thiazole rings is 1. The highest BCUT2D eigenvalue weighted by atomic mass is 32.1. The van der Waals surface area contributed by atoms with Crippen molar-refractivity contribution in [3.8, 4) is 0 Å². The molecule has 194 valence electrons. The Morgan fingerprint density at radius 2 is 1.97 bits per heavy atom. The highest BCUT2D eigenvalue weighted by Crippen LogP contribution is 2.58. The lowest BCUT2D eigenvalue weighted by atomic mass is 9.79. The molecule has 3 aliphatic rings. The van der Waals surface area contributed by atoms with Crippen LogP contribution in [0.3, 0.4) is 0 Å². The monoisotopic (exact) mass is 502 g/mol. The van der Waals surface area contributed by atoms with Crippen LogP contribution in [0.5, 0.6) is 0 Å². The number of ether oxygens (including phenoxy) is 2. The number of hydrogen-bond acceptors (Lipinski definition) is 6. The summed E-state index contributed by atoms with van der Waals surface area (Å²) in [6.45, 7) is 11.2. The van der Waals surface area contributed by atoms with Crippen LogP contribution in [0.1, 0.15) is 96.2 Å². The molecule has 1 N–H and O–H groups in total. The molecule has 6 nitrogen and oxygen atoms in total. The Kier molecular flexibility index (Phi) is 7.89. The van der Waals surface area contributed by atoms with Gasteiger partial charge in [-0.1, -0.05) is 39.7 Å². The number of nitrogens with one attached hydrogen (secondary N) is 1. The normalized spacial score (nSPS) is 36.5. The van der Waals surface area contributed by atoms with Crippen LogP contribution in [0.4, 0.5) is 0 Å². The fourth-order valence-electron chi connectivity index (χ4n) is 5.52. The lowest BCUT2D eigenvalue weighted by molar-refractivity contribution is -0.128. The van der Waals surface area contributed by atoms with Gasteiger partial charge in [-0.25, -0.2) is 4.98 Å². The summed E-state index contributed by atoms with van der Waals surface area (Å²) in [5, 5.41) is 6.30. The van der Waals surface area contributed by atoms with Crippen LogP contribution in [0.25, 0.3) is 6.08 Å². The van der Waals surface area contributed by atoms with Crippen LogP contribution in [0, 0.1) is 18.3 Å². The predicted octanol–water partition coefficient (Wildman–Crippen LogP) is 5.63. The van der Waals surface area contributed by atoms with E-state index in [-0.39, 0.29) is 35.0 Å². The van der Waals surface area contributed by atoms with Gasteiger partial charge >= 0.3 is 0 Å². The average molecular weight is 503 g/mol. The van der Waals surface area contributed by atoms with E-state index in [1.807, 2.05) is 32.2 Å². The molecule has 1 aromatic rings. The number of carbonyl (C=O) groups excluding carboxylic acids is 2. The summed E-state index contributed by atoms with van der Waals surface area (Å²) >= 11 is 1.62. The molecular weight excluding hydrogens is 460 g/mol. The number of nitrogens with zero attached hydrogens (tertiary/aromatic N) is 1. The zero-order valence-corrected chi connectivity index (χ0v) is 22.8. The second kappa shape index (κ2) is 10.4. The fraction of sp³-hybridized carbons (Fsp3) is 0.750. The number of aryl methyl sites for hydroxylation is 1. The molecule has 0 saturated carbocycles. The van der Waals surface area contributed by atoms with E-state index >= 15 is 0 Å². The number of hydrogen-bond donors (Lipinski definition) is 1. The van der Waals surface area contributed by atoms with Crippen molar-refractivity contribution in [2.45, 2.75) is 116 Å². The van der Waals surface area contributed by atoms with Crippen LogP contribution in [-0.2, 0) is 19.1 Å². The molecule has 7 heteroatoms. The first kappa shape index (κ1) is 26.5. The van der Waals surface area contributed by atoms with Crippen LogP contribution >= 0.6 is 11.3 Å². The van der Waals surface area contributed by atoms with Gasteiger partial charge in [-0.3, -0.25) is 9.59 Å². The first-order valence-electron chi connectivity index (χ1n) is 13.3. The molecule has 0 aromatic carbocycles. The van der Waals surface area contributed by atoms with Crippen molar-refractivity contribution in [1.29, 1.82) is 0 Å². The highest BCUT2D eigenvalue weighted by Gasteiger charge is 2.67. The molecule has 3 saturated heterocycles. The van der Waals surface area contributed by atoms with E-state index in [2.05, 4.69) is 30.2 Å². The molecule has 35 heavy (non-hydrogen) atoms. The number of epoxide rings is 2. The average Bonchev–Trinajstić information content (AvgIpc) is 3.65. The van der Waals surface area contributed by atoms with E-state index in [1.54, 1.807) is 11.3 Å². The third-order valence-corrected chi connectivity index (χ3v) is 9.07. The van der Waals surface area contributed by atoms with Crippen molar-refractivity contribution in [2.75, 3.05) is 6.61 Å². The smallest absolute Gasteiger partial charge is 0.220 e. The lowest BCUT2D eigenvalue weighted by Gasteiger charge is -2.26. The second-order valence-electron chi connectivity index (χ2n) is 11.9. The predicted molar refractivity (Wildman–Crippen MR) is 139 cm³/mol. The van der Waals surface area contributed by atoms with E-state index in [1.165, 1.54) is 0 Å². The zero-order chi connectivity index (χ0) is 25.3. The van der Waals surface area contributed by atoms with Crippen LogP contribution in [0.15, 0.2) is 11.5 Å². The van der Waals surface area contributed by atoms with Crippen molar-refractivity contribution < 1.29 is 19.1 Å². The number of aromatic nitrogens is 1. The number of ketones is 1. The number of amides is 1. The summed E-state index contributed by atoms with van der Waals surface area (Å²) < 4.78 is 12.1. The third kappa shape index (κ3) is 6.80. The van der Waals surface area contributed by atoms with Crippen molar-refractivity contribution in [3.05, 3.63) is 22.2 Å². The van der Waals surface area contributed by atoms with Gasteiger partial charge in [-0.05, 0) is 45.1 Å². The van der Waals surface area contributed by atoms with Gasteiger partial charge in [0, 0.05) is 36.5 Å². The molecular formula is C28H42N2O4S. The number of carbonyl (C=O) groups is 2. The second-order valence-corrected chi connectivity index (χ2v) is 12.9. The summed E-state index contributed by atoms with van der Waals surface area (Å²) in [7, 11) is 0. The first-order valence-corrected chi connectivity index (χ1v) is 14.1. The molecule has 4 rings (SSSR count). The molecule has 4 heterocycles. The van der Waals surface area contributed by atoms with Gasteiger partial charge in [0.15, 0.2) is 0 Å². The lowest BCUT2D eigenvalue weighted by Crippen LogP contribution is -2.40. The quantitative estimate of drug-likeness (QED) is 0.539. The van der Waals surface area contributed by atoms with Crippen LogP contribution < -0.4 is 5.32 Å². The summed E-state index contributed by atoms with van der Waals surface area (Å²) in [6, 6.07) is -0.171. The summed E-state index contributed by atoms with van der Waals surface area (Å²) in [6.07, 6.45) is 11.5. The molecule has 3 fully saturated rings.